The number of hydrogen-bond acceptors (Lipinski definition) is 5. The molecular formula is C2H8BO4PS. The fraction of sp³-hybridized carbons (Fsp3) is 1.00. The van der Waals surface area contributed by atoms with Gasteiger partial charge in [0.05, 0.1) is 0 Å². The van der Waals surface area contributed by atoms with Gasteiger partial charge in [0.25, 0.3) is 6.45 Å². The minimum absolute atomic E-state index is 0.814. The Bertz CT molecular complexity index is 120. The van der Waals surface area contributed by atoms with Gasteiger partial charge >= 0.3 is 6.84 Å². The largest absolute Gasteiger partial charge is 0.564 e. The lowest BCUT2D eigenvalue weighted by molar-refractivity contribution is 0.382. The highest BCUT2D eigenvalue weighted by Gasteiger charge is 2.36. The van der Waals surface area contributed by atoms with E-state index in [1.54, 1.807) is 0 Å². The van der Waals surface area contributed by atoms with Crippen molar-refractivity contribution >= 4 is 24.7 Å². The summed E-state index contributed by atoms with van der Waals surface area (Å²) in [6.45, 7) is -1.88. The van der Waals surface area contributed by atoms with Crippen molar-refractivity contribution in [3.8, 4) is 0 Å². The molecule has 0 aromatic heterocycles. The molecule has 0 amide bonds. The molecule has 0 saturated heterocycles. The summed E-state index contributed by atoms with van der Waals surface area (Å²) in [4.78, 5) is 0. The maximum absolute atomic E-state index is 10.9. The first-order valence-electron chi connectivity index (χ1n) is 2.14. The second kappa shape index (κ2) is 3.63. The van der Waals surface area contributed by atoms with Crippen molar-refractivity contribution in [1.29, 1.82) is 0 Å². The lowest BCUT2D eigenvalue weighted by Crippen LogP contribution is -2.10. The van der Waals surface area contributed by atoms with Gasteiger partial charge in [-0.05, 0) is 6.26 Å². The molecule has 0 aromatic rings. The Morgan fingerprint density at radius 1 is 1.67 bits per heavy atom. The van der Waals surface area contributed by atoms with E-state index in [0.717, 1.165) is 11.4 Å². The molecule has 0 aliphatic carbocycles. The maximum Gasteiger partial charge on any atom is 0.564 e. The average molecular weight is 170 g/mol. The molecule has 0 radical (unpaired) electrons. The first-order chi connectivity index (χ1) is 4.06. The van der Waals surface area contributed by atoms with E-state index in [9.17, 15) is 4.57 Å². The molecule has 0 saturated carbocycles. The Hall–Kier alpha value is 0.525. The highest BCUT2D eigenvalue weighted by molar-refractivity contribution is 8.64. The summed E-state index contributed by atoms with van der Waals surface area (Å²) in [5.74, 6) is 0. The summed E-state index contributed by atoms with van der Waals surface area (Å²) in [6.07, 6.45) is -1.74. The summed E-state index contributed by atoms with van der Waals surface area (Å²) >= 11 is 0.814. The molecule has 0 aromatic carbocycles. The van der Waals surface area contributed by atoms with Gasteiger partial charge in [-0.1, -0.05) is 11.4 Å². The highest BCUT2D eigenvalue weighted by Crippen LogP contribution is 2.57. The van der Waals surface area contributed by atoms with Gasteiger partial charge < -0.3 is 14.6 Å². The number of hydrogen-bond donors (Lipinski definition) is 2. The van der Waals surface area contributed by atoms with Crippen molar-refractivity contribution < 1.29 is 19.1 Å². The van der Waals surface area contributed by atoms with Gasteiger partial charge in [0.1, 0.15) is 0 Å². The topological polar surface area (TPSA) is 66.8 Å². The van der Waals surface area contributed by atoms with Gasteiger partial charge in [-0.3, -0.25) is 4.57 Å². The molecule has 2 N–H and O–H groups in total. The van der Waals surface area contributed by atoms with E-state index in [2.05, 4.69) is 4.52 Å². The van der Waals surface area contributed by atoms with E-state index < -0.39 is 13.3 Å². The maximum atomic E-state index is 10.9. The van der Waals surface area contributed by atoms with E-state index in [1.165, 1.54) is 13.4 Å². The first-order valence-corrected chi connectivity index (χ1v) is 5.66. The van der Waals surface area contributed by atoms with Crippen LogP contribution in [-0.4, -0.2) is 30.3 Å². The van der Waals surface area contributed by atoms with Crippen LogP contribution in [0.3, 0.4) is 0 Å². The van der Waals surface area contributed by atoms with Crippen LogP contribution in [0.2, 0.25) is 0 Å². The van der Waals surface area contributed by atoms with Gasteiger partial charge in [0.2, 0.25) is 0 Å². The molecule has 0 fully saturated rings. The van der Waals surface area contributed by atoms with Crippen LogP contribution < -0.4 is 0 Å². The van der Waals surface area contributed by atoms with Crippen LogP contribution in [0.25, 0.3) is 0 Å². The third-order valence-electron chi connectivity index (χ3n) is 0.792. The summed E-state index contributed by atoms with van der Waals surface area (Å²) in [5, 5.41) is 16.8. The van der Waals surface area contributed by atoms with Crippen molar-refractivity contribution in [2.24, 2.45) is 0 Å². The van der Waals surface area contributed by atoms with Gasteiger partial charge in [0, 0.05) is 7.11 Å². The van der Waals surface area contributed by atoms with Crippen LogP contribution in [0.4, 0.5) is 0 Å². The van der Waals surface area contributed by atoms with E-state index in [-0.39, 0.29) is 0 Å². The quantitative estimate of drug-likeness (QED) is 0.466. The SMILES string of the molecule is COP(=O)(SC)B(O)O. The monoisotopic (exact) mass is 170 g/mol. The normalized spacial score (nSPS) is 16.9. The summed E-state index contributed by atoms with van der Waals surface area (Å²) in [5.41, 5.74) is 0. The van der Waals surface area contributed by atoms with E-state index >= 15 is 0 Å². The molecular weight excluding hydrogens is 162 g/mol. The zero-order valence-electron chi connectivity index (χ0n) is 5.14. The predicted molar refractivity (Wildman–Crippen MR) is 38.3 cm³/mol. The lowest BCUT2D eigenvalue weighted by atomic mass is 10.4. The zero-order chi connectivity index (χ0) is 7.49. The van der Waals surface area contributed by atoms with Crippen LogP contribution in [0.5, 0.6) is 0 Å². The molecule has 0 bridgehead atoms. The minimum Gasteiger partial charge on any atom is -0.419 e. The molecule has 0 spiro atoms. The summed E-state index contributed by atoms with van der Waals surface area (Å²) in [7, 11) is 1.18. The van der Waals surface area contributed by atoms with E-state index in [1.807, 2.05) is 0 Å². The molecule has 0 heterocycles. The van der Waals surface area contributed by atoms with E-state index in [0.29, 0.717) is 0 Å². The van der Waals surface area contributed by atoms with Crippen LogP contribution in [0.1, 0.15) is 0 Å². The molecule has 4 nitrogen and oxygen atoms in total. The fourth-order valence-electron chi connectivity index (χ4n) is 0.263. The molecule has 7 heteroatoms. The Labute approximate surface area is 57.9 Å². The summed E-state index contributed by atoms with van der Waals surface area (Å²) < 4.78 is 15.3. The third kappa shape index (κ3) is 2.31. The molecule has 0 aliphatic rings. The minimum atomic E-state index is -3.23. The van der Waals surface area contributed by atoms with Crippen molar-refractivity contribution in [2.45, 2.75) is 0 Å². The summed E-state index contributed by atoms with van der Waals surface area (Å²) in [6, 6.07) is 0. The Kier molecular flexibility index (Phi) is 3.85. The smallest absolute Gasteiger partial charge is 0.419 e. The molecule has 54 valence electrons. The third-order valence-corrected chi connectivity index (χ3v) is 4.92. The van der Waals surface area contributed by atoms with Crippen LogP contribution >= 0.6 is 17.8 Å². The number of rotatable bonds is 3. The van der Waals surface area contributed by atoms with Gasteiger partial charge in [-0.15, -0.1) is 0 Å². The van der Waals surface area contributed by atoms with E-state index in [4.69, 9.17) is 10.0 Å². The lowest BCUT2D eigenvalue weighted by Gasteiger charge is -2.09. The van der Waals surface area contributed by atoms with Gasteiger partial charge in [-0.2, -0.15) is 0 Å². The zero-order valence-corrected chi connectivity index (χ0v) is 6.85. The van der Waals surface area contributed by atoms with Crippen LogP contribution in [0.15, 0.2) is 0 Å². The first kappa shape index (κ1) is 9.52. The standard InChI is InChI=1S/C2H8BO4PS/c1-7-8(6,9-2)3(4)5/h4-5H,1-2H3. The van der Waals surface area contributed by atoms with Crippen molar-refractivity contribution in [2.75, 3.05) is 13.4 Å². The Morgan fingerprint density at radius 2 is 2.11 bits per heavy atom. The Balaban J connectivity index is 4.11. The molecule has 1 atom stereocenters. The van der Waals surface area contributed by atoms with Gasteiger partial charge in [0.15, 0.2) is 0 Å². The highest BCUT2D eigenvalue weighted by atomic mass is 32.7. The Morgan fingerprint density at radius 3 is 2.11 bits per heavy atom. The van der Waals surface area contributed by atoms with Gasteiger partial charge in [-0.25, -0.2) is 0 Å². The van der Waals surface area contributed by atoms with Crippen molar-refractivity contribution in [3.63, 3.8) is 0 Å². The molecule has 0 rings (SSSR count). The van der Waals surface area contributed by atoms with Crippen molar-refractivity contribution in [3.05, 3.63) is 0 Å². The molecule has 1 unspecified atom stereocenters. The fourth-order valence-corrected chi connectivity index (χ4v) is 1.80. The molecule has 0 aliphatic heterocycles. The predicted octanol–water partition coefficient (Wildman–Crippen LogP) is 0.158. The second-order valence-corrected chi connectivity index (χ2v) is 6.15. The van der Waals surface area contributed by atoms with Crippen LogP contribution in [-0.2, 0) is 9.09 Å². The molecule has 9 heavy (non-hydrogen) atoms. The van der Waals surface area contributed by atoms with Crippen LogP contribution in [0, 0.1) is 0 Å². The van der Waals surface area contributed by atoms with Crippen molar-refractivity contribution in [1.82, 2.24) is 0 Å². The second-order valence-electron chi connectivity index (χ2n) is 1.25. The average Bonchev–Trinajstić information content (AvgIpc) is 1.86.